The molecule has 0 rings (SSSR count). The number of esters is 2. The lowest BCUT2D eigenvalue weighted by Gasteiger charge is -2.26. The smallest absolute Gasteiger partial charge is 0.305 e. The average Bonchev–Trinajstić information content (AvgIpc) is 3.12. The largest absolute Gasteiger partial charge is 0.466 e. The van der Waals surface area contributed by atoms with Gasteiger partial charge >= 0.3 is 11.9 Å². The van der Waals surface area contributed by atoms with Crippen molar-refractivity contribution < 1.29 is 24.2 Å². The summed E-state index contributed by atoms with van der Waals surface area (Å²) < 4.78 is 11.3. The van der Waals surface area contributed by atoms with Gasteiger partial charge in [0, 0.05) is 26.0 Å². The zero-order valence-electron chi connectivity index (χ0n) is 35.8. The molecule has 52 heavy (non-hydrogen) atoms. The summed E-state index contributed by atoms with van der Waals surface area (Å²) in [7, 11) is 0. The molecule has 0 aliphatic carbocycles. The molecule has 0 atom stereocenters. The van der Waals surface area contributed by atoms with Gasteiger partial charge in [0.15, 0.2) is 0 Å². The van der Waals surface area contributed by atoms with E-state index in [0.717, 1.165) is 96.7 Å². The van der Waals surface area contributed by atoms with E-state index in [2.05, 4.69) is 39.5 Å². The molecule has 0 saturated heterocycles. The van der Waals surface area contributed by atoms with Crippen LogP contribution in [0, 0.1) is 11.3 Å². The maximum atomic E-state index is 12.5. The highest BCUT2D eigenvalue weighted by Crippen LogP contribution is 2.28. The minimum Gasteiger partial charge on any atom is -0.466 e. The normalized spacial score (nSPS) is 11.9. The monoisotopic (exact) mass is 738 g/mol. The van der Waals surface area contributed by atoms with Crippen LogP contribution in [-0.4, -0.2) is 61.4 Å². The van der Waals surface area contributed by atoms with Gasteiger partial charge in [0.05, 0.1) is 13.2 Å². The van der Waals surface area contributed by atoms with Gasteiger partial charge in [-0.25, -0.2) is 0 Å². The first-order valence-corrected chi connectivity index (χ1v) is 22.9. The number of hydrogen-bond donors (Lipinski definition) is 1. The van der Waals surface area contributed by atoms with Crippen LogP contribution in [-0.2, 0) is 19.1 Å². The first-order valence-electron chi connectivity index (χ1n) is 22.9. The summed E-state index contributed by atoms with van der Waals surface area (Å²) in [6.45, 7) is 15.8. The highest BCUT2D eigenvalue weighted by Gasteiger charge is 2.19. The Labute approximate surface area is 324 Å². The summed E-state index contributed by atoms with van der Waals surface area (Å²) in [6, 6.07) is 0. The van der Waals surface area contributed by atoms with Gasteiger partial charge in [0.2, 0.25) is 0 Å². The minimum absolute atomic E-state index is 0.0150. The zero-order valence-corrected chi connectivity index (χ0v) is 35.8. The van der Waals surface area contributed by atoms with Gasteiger partial charge in [-0.1, -0.05) is 169 Å². The van der Waals surface area contributed by atoms with Crippen molar-refractivity contribution in [2.45, 2.75) is 234 Å². The average molecular weight is 738 g/mol. The number of unbranched alkanes of at least 4 members (excludes halogenated alkanes) is 18. The van der Waals surface area contributed by atoms with E-state index in [9.17, 15) is 14.7 Å². The summed E-state index contributed by atoms with van der Waals surface area (Å²) in [4.78, 5) is 27.1. The predicted molar refractivity (Wildman–Crippen MR) is 223 cm³/mol. The molecule has 0 radical (unpaired) electrons. The molecular formula is C46H91NO5. The standard InChI is InChI=1S/C46H91NO5/c1-6-9-12-15-16-19-24-33-45(50)52-42-36-46(4,5)35-26-28-38-47(39-29-40-48)37-27-21-20-25-32-44(49)51-41-34-43(30-22-17-13-10-7-2)31-23-18-14-11-8-3/h43,48H,6-42H2,1-5H3. The van der Waals surface area contributed by atoms with Crippen LogP contribution in [0.2, 0.25) is 0 Å². The Balaban J connectivity index is 4.13. The number of carbonyl (C=O) groups is 2. The van der Waals surface area contributed by atoms with Crippen LogP contribution in [0.15, 0.2) is 0 Å². The Morgan fingerprint density at radius 3 is 1.44 bits per heavy atom. The highest BCUT2D eigenvalue weighted by molar-refractivity contribution is 5.69. The molecule has 6 nitrogen and oxygen atoms in total. The third-order valence-electron chi connectivity index (χ3n) is 11.1. The number of hydrogen-bond acceptors (Lipinski definition) is 6. The second kappa shape index (κ2) is 38.1. The Bertz CT molecular complexity index is 758. The number of rotatable bonds is 41. The van der Waals surface area contributed by atoms with E-state index in [1.54, 1.807) is 0 Å². The van der Waals surface area contributed by atoms with Crippen LogP contribution in [0.5, 0.6) is 0 Å². The van der Waals surface area contributed by atoms with Crippen molar-refractivity contribution in [2.24, 2.45) is 11.3 Å². The minimum atomic E-state index is -0.0327. The molecule has 1 N–H and O–H groups in total. The number of aliphatic hydroxyl groups is 1. The van der Waals surface area contributed by atoms with E-state index >= 15 is 0 Å². The Hall–Kier alpha value is -1.14. The summed E-state index contributed by atoms with van der Waals surface area (Å²) in [6.07, 6.45) is 36.0. The molecule has 0 unspecified atom stereocenters. The molecule has 0 aromatic rings. The second-order valence-electron chi connectivity index (χ2n) is 16.8. The molecule has 0 aliphatic rings. The van der Waals surface area contributed by atoms with E-state index in [0.29, 0.717) is 32.0 Å². The van der Waals surface area contributed by atoms with Crippen LogP contribution in [0.3, 0.4) is 0 Å². The second-order valence-corrected chi connectivity index (χ2v) is 16.8. The molecule has 0 fully saturated rings. The summed E-state index contributed by atoms with van der Waals surface area (Å²) in [5, 5.41) is 9.43. The van der Waals surface area contributed by atoms with E-state index in [1.807, 2.05) is 0 Å². The lowest BCUT2D eigenvalue weighted by Crippen LogP contribution is -2.28. The Kier molecular flexibility index (Phi) is 37.3. The maximum Gasteiger partial charge on any atom is 0.305 e. The molecule has 0 spiro atoms. The molecule has 0 aromatic heterocycles. The van der Waals surface area contributed by atoms with Crippen molar-refractivity contribution in [3.05, 3.63) is 0 Å². The van der Waals surface area contributed by atoms with Gasteiger partial charge in [-0.3, -0.25) is 9.59 Å². The predicted octanol–water partition coefficient (Wildman–Crippen LogP) is 13.2. The van der Waals surface area contributed by atoms with Gasteiger partial charge in [0.1, 0.15) is 0 Å². The fraction of sp³-hybridized carbons (Fsp3) is 0.957. The SMILES string of the molecule is CCCCCCCCCC(=O)OCCC(C)(C)CCCCN(CCCO)CCCCCCC(=O)OCCC(CCCCCCC)CCCCCCC. The molecule has 6 heteroatoms. The molecule has 310 valence electrons. The first kappa shape index (κ1) is 50.9. The van der Waals surface area contributed by atoms with Crippen LogP contribution >= 0.6 is 0 Å². The lowest BCUT2D eigenvalue weighted by atomic mass is 9.84. The Morgan fingerprint density at radius 2 is 0.923 bits per heavy atom. The topological polar surface area (TPSA) is 76.1 Å². The van der Waals surface area contributed by atoms with Crippen molar-refractivity contribution in [3.63, 3.8) is 0 Å². The van der Waals surface area contributed by atoms with Crippen molar-refractivity contribution in [3.8, 4) is 0 Å². The van der Waals surface area contributed by atoms with Crippen molar-refractivity contribution in [1.29, 1.82) is 0 Å². The van der Waals surface area contributed by atoms with Gasteiger partial charge in [-0.2, -0.15) is 0 Å². The number of ether oxygens (including phenoxy) is 2. The van der Waals surface area contributed by atoms with Gasteiger partial charge in [0.25, 0.3) is 0 Å². The fourth-order valence-corrected chi connectivity index (χ4v) is 7.31. The van der Waals surface area contributed by atoms with E-state index in [1.165, 1.54) is 109 Å². The zero-order chi connectivity index (χ0) is 38.4. The number of aliphatic hydroxyl groups excluding tert-OH is 1. The van der Waals surface area contributed by atoms with Crippen LogP contribution in [0.1, 0.15) is 234 Å². The summed E-state index contributed by atoms with van der Waals surface area (Å²) in [5.74, 6) is 0.658. The van der Waals surface area contributed by atoms with Crippen molar-refractivity contribution in [1.82, 2.24) is 4.90 Å². The third kappa shape index (κ3) is 35.9. The maximum absolute atomic E-state index is 12.5. The van der Waals surface area contributed by atoms with Crippen LogP contribution in [0.25, 0.3) is 0 Å². The third-order valence-corrected chi connectivity index (χ3v) is 11.1. The molecule has 0 aliphatic heterocycles. The first-order chi connectivity index (χ1) is 25.3. The Morgan fingerprint density at radius 1 is 0.500 bits per heavy atom. The van der Waals surface area contributed by atoms with E-state index in [-0.39, 0.29) is 24.0 Å². The van der Waals surface area contributed by atoms with Gasteiger partial charge in [-0.05, 0) is 75.8 Å². The fourth-order valence-electron chi connectivity index (χ4n) is 7.31. The molecular weight excluding hydrogens is 647 g/mol. The van der Waals surface area contributed by atoms with Gasteiger partial charge in [-0.15, -0.1) is 0 Å². The number of nitrogens with zero attached hydrogens (tertiary/aromatic N) is 1. The highest BCUT2D eigenvalue weighted by atomic mass is 16.5. The summed E-state index contributed by atoms with van der Waals surface area (Å²) >= 11 is 0. The quantitative estimate of drug-likeness (QED) is 0.0497. The van der Waals surface area contributed by atoms with E-state index < -0.39 is 0 Å². The van der Waals surface area contributed by atoms with Crippen molar-refractivity contribution in [2.75, 3.05) is 39.5 Å². The summed E-state index contributed by atoms with van der Waals surface area (Å²) in [5.41, 5.74) is 0.167. The molecule has 0 aromatic carbocycles. The van der Waals surface area contributed by atoms with Crippen LogP contribution in [0.4, 0.5) is 0 Å². The molecule has 0 saturated carbocycles. The lowest BCUT2D eigenvalue weighted by molar-refractivity contribution is -0.145. The van der Waals surface area contributed by atoms with Gasteiger partial charge < -0.3 is 19.5 Å². The molecule has 0 amide bonds. The van der Waals surface area contributed by atoms with Crippen molar-refractivity contribution >= 4 is 11.9 Å². The molecule has 0 heterocycles. The molecule has 0 bridgehead atoms. The van der Waals surface area contributed by atoms with E-state index in [4.69, 9.17) is 9.47 Å². The number of carbonyl (C=O) groups excluding carboxylic acids is 2. The van der Waals surface area contributed by atoms with Crippen LogP contribution < -0.4 is 0 Å².